The number of halogens is 1. The highest BCUT2D eigenvalue weighted by Crippen LogP contribution is 2.35. The Labute approximate surface area is 113 Å². The Kier molecular flexibility index (Phi) is 2.64. The van der Waals surface area contributed by atoms with Crippen molar-refractivity contribution in [3.63, 3.8) is 0 Å². The Morgan fingerprint density at radius 1 is 1.42 bits per heavy atom. The summed E-state index contributed by atoms with van der Waals surface area (Å²) < 4.78 is 0. The van der Waals surface area contributed by atoms with Gasteiger partial charge in [0.1, 0.15) is 12.1 Å². The Hall–Kier alpha value is -2.14. The van der Waals surface area contributed by atoms with E-state index in [0.29, 0.717) is 11.3 Å². The molecule has 1 N–H and O–H groups in total. The highest BCUT2D eigenvalue weighted by molar-refractivity contribution is 6.43. The number of ketones is 1. The van der Waals surface area contributed by atoms with Crippen LogP contribution in [0.5, 0.6) is 0 Å². The molecule has 2 aliphatic carbocycles. The van der Waals surface area contributed by atoms with Gasteiger partial charge in [-0.25, -0.2) is 0 Å². The minimum absolute atomic E-state index is 0.0574. The summed E-state index contributed by atoms with van der Waals surface area (Å²) in [5, 5.41) is 14.2. The number of carbonyl (C=O) groups is 1. The van der Waals surface area contributed by atoms with Crippen LogP contribution in [0.25, 0.3) is 0 Å². The normalized spacial score (nSPS) is 24.8. The molecule has 0 aromatic carbocycles. The van der Waals surface area contributed by atoms with E-state index in [-0.39, 0.29) is 23.2 Å². The van der Waals surface area contributed by atoms with E-state index < -0.39 is 10.7 Å². The molecular weight excluding hydrogens is 268 g/mol. The van der Waals surface area contributed by atoms with Gasteiger partial charge in [0.15, 0.2) is 5.78 Å². The summed E-state index contributed by atoms with van der Waals surface area (Å²) in [6.07, 6.45) is 8.98. The Balaban J connectivity index is 2.21. The van der Waals surface area contributed by atoms with Gasteiger partial charge in [0.05, 0.1) is 16.0 Å². The van der Waals surface area contributed by atoms with Crippen molar-refractivity contribution in [2.75, 3.05) is 0 Å². The number of nitro groups is 1. The van der Waals surface area contributed by atoms with Crippen LogP contribution in [-0.2, 0) is 4.79 Å². The number of nitrogens with zero attached hydrogens (tertiary/aromatic N) is 1. The summed E-state index contributed by atoms with van der Waals surface area (Å²) in [6.45, 7) is 0. The number of allylic oxidation sites excluding steroid dienone is 5. The van der Waals surface area contributed by atoms with E-state index >= 15 is 0 Å². The number of carbonyl (C=O) groups excluding carboxylic acids is 1. The van der Waals surface area contributed by atoms with E-state index in [9.17, 15) is 14.9 Å². The molecule has 3 rings (SSSR count). The zero-order chi connectivity index (χ0) is 13.6. The maximum atomic E-state index is 11.7. The van der Waals surface area contributed by atoms with E-state index in [1.807, 2.05) is 24.3 Å². The standard InChI is InChI=1S/C13H9ClN2O3/c14-12-8-5-7-3-1-2-4-9(7)15-13(8)10(16(18)19)6-11(12)17/h1-5,9,15H,6H2. The average molecular weight is 277 g/mol. The predicted octanol–water partition coefficient (Wildman–Crippen LogP) is 1.96. The van der Waals surface area contributed by atoms with Gasteiger partial charge in [-0.3, -0.25) is 14.9 Å². The molecule has 0 bridgehead atoms. The topological polar surface area (TPSA) is 72.2 Å². The SMILES string of the molecule is O=C1CC([N+](=O)[O-])=C2NC3C=CC=CC3=CC2=C1Cl. The van der Waals surface area contributed by atoms with E-state index in [4.69, 9.17) is 11.6 Å². The van der Waals surface area contributed by atoms with Crippen LogP contribution in [0.3, 0.4) is 0 Å². The molecule has 1 atom stereocenters. The minimum atomic E-state index is -0.523. The minimum Gasteiger partial charge on any atom is -0.369 e. The van der Waals surface area contributed by atoms with Gasteiger partial charge in [0.25, 0.3) is 5.70 Å². The third-order valence-corrected chi connectivity index (χ3v) is 3.68. The second-order valence-corrected chi connectivity index (χ2v) is 4.79. The molecule has 0 saturated carbocycles. The number of rotatable bonds is 1. The van der Waals surface area contributed by atoms with Crippen molar-refractivity contribution < 1.29 is 9.72 Å². The maximum absolute atomic E-state index is 11.7. The van der Waals surface area contributed by atoms with E-state index in [1.54, 1.807) is 6.08 Å². The lowest BCUT2D eigenvalue weighted by molar-refractivity contribution is -0.428. The lowest BCUT2D eigenvalue weighted by Gasteiger charge is -2.29. The molecule has 0 amide bonds. The molecule has 1 heterocycles. The van der Waals surface area contributed by atoms with Crippen LogP contribution in [0.1, 0.15) is 6.42 Å². The molecular formula is C13H9ClN2O3. The first-order chi connectivity index (χ1) is 9.08. The van der Waals surface area contributed by atoms with Crippen molar-refractivity contribution in [3.05, 3.63) is 68.1 Å². The lowest BCUT2D eigenvalue weighted by Crippen LogP contribution is -2.37. The monoisotopic (exact) mass is 276 g/mol. The molecule has 1 aliphatic heterocycles. The first-order valence-electron chi connectivity index (χ1n) is 5.72. The molecule has 0 aromatic rings. The molecule has 0 spiro atoms. The van der Waals surface area contributed by atoms with Crippen LogP contribution < -0.4 is 5.32 Å². The maximum Gasteiger partial charge on any atom is 0.277 e. The van der Waals surface area contributed by atoms with Gasteiger partial charge in [-0.15, -0.1) is 0 Å². The van der Waals surface area contributed by atoms with Crippen molar-refractivity contribution in [1.82, 2.24) is 5.32 Å². The summed E-state index contributed by atoms with van der Waals surface area (Å²) in [6, 6.07) is -0.114. The fourth-order valence-corrected chi connectivity index (χ4v) is 2.55. The molecule has 1 unspecified atom stereocenters. The number of fused-ring (bicyclic) bond motifs is 2. The first-order valence-corrected chi connectivity index (χ1v) is 6.09. The molecule has 0 radical (unpaired) electrons. The Bertz CT molecular complexity index is 653. The predicted molar refractivity (Wildman–Crippen MR) is 69.8 cm³/mol. The van der Waals surface area contributed by atoms with Crippen LogP contribution in [-0.4, -0.2) is 16.7 Å². The van der Waals surface area contributed by atoms with E-state index in [1.165, 1.54) is 0 Å². The van der Waals surface area contributed by atoms with Gasteiger partial charge >= 0.3 is 0 Å². The van der Waals surface area contributed by atoms with Crippen LogP contribution in [0.2, 0.25) is 0 Å². The van der Waals surface area contributed by atoms with Crippen molar-refractivity contribution in [2.45, 2.75) is 12.5 Å². The number of hydrogen-bond donors (Lipinski definition) is 1. The summed E-state index contributed by atoms with van der Waals surface area (Å²) in [5.41, 5.74) is 1.57. The zero-order valence-electron chi connectivity index (χ0n) is 9.72. The number of hydrogen-bond acceptors (Lipinski definition) is 4. The summed E-state index contributed by atoms with van der Waals surface area (Å²) in [4.78, 5) is 22.2. The van der Waals surface area contributed by atoms with Crippen molar-refractivity contribution in [1.29, 1.82) is 0 Å². The van der Waals surface area contributed by atoms with Crippen LogP contribution in [0.15, 0.2) is 58.0 Å². The fourth-order valence-electron chi connectivity index (χ4n) is 2.33. The smallest absolute Gasteiger partial charge is 0.277 e. The van der Waals surface area contributed by atoms with Crippen LogP contribution in [0, 0.1) is 10.1 Å². The summed E-state index contributed by atoms with van der Waals surface area (Å²) in [7, 11) is 0. The third kappa shape index (κ3) is 1.82. The van der Waals surface area contributed by atoms with Crippen molar-refractivity contribution in [2.24, 2.45) is 0 Å². The van der Waals surface area contributed by atoms with Crippen molar-refractivity contribution in [3.8, 4) is 0 Å². The van der Waals surface area contributed by atoms with Gasteiger partial charge < -0.3 is 5.32 Å². The molecule has 0 saturated heterocycles. The third-order valence-electron chi connectivity index (χ3n) is 3.26. The largest absolute Gasteiger partial charge is 0.369 e. The highest BCUT2D eigenvalue weighted by atomic mass is 35.5. The van der Waals surface area contributed by atoms with Crippen LogP contribution >= 0.6 is 11.6 Å². The number of Topliss-reactive ketones (excluding diaryl/α,β-unsaturated/α-hetero) is 1. The van der Waals surface area contributed by atoms with Gasteiger partial charge in [-0.2, -0.15) is 0 Å². The van der Waals surface area contributed by atoms with Gasteiger partial charge in [-0.1, -0.05) is 35.9 Å². The van der Waals surface area contributed by atoms with Crippen LogP contribution in [0.4, 0.5) is 0 Å². The quantitative estimate of drug-likeness (QED) is 0.587. The van der Waals surface area contributed by atoms with Gasteiger partial charge in [0, 0.05) is 5.57 Å². The summed E-state index contributed by atoms with van der Waals surface area (Å²) in [5.74, 6) is -0.417. The molecule has 0 aromatic heterocycles. The number of nitrogens with one attached hydrogen (secondary N) is 1. The van der Waals surface area contributed by atoms with Crippen molar-refractivity contribution >= 4 is 17.4 Å². The fraction of sp³-hybridized carbons (Fsp3) is 0.154. The summed E-state index contributed by atoms with van der Waals surface area (Å²) >= 11 is 5.99. The second-order valence-electron chi connectivity index (χ2n) is 4.42. The average Bonchev–Trinajstić information content (AvgIpc) is 2.41. The highest BCUT2D eigenvalue weighted by Gasteiger charge is 2.36. The first kappa shape index (κ1) is 11.9. The zero-order valence-corrected chi connectivity index (χ0v) is 10.5. The lowest BCUT2D eigenvalue weighted by atomic mass is 9.89. The van der Waals surface area contributed by atoms with Gasteiger partial charge in [0.2, 0.25) is 0 Å². The Morgan fingerprint density at radius 3 is 2.95 bits per heavy atom. The second kappa shape index (κ2) is 4.20. The van der Waals surface area contributed by atoms with E-state index in [0.717, 1.165) is 5.57 Å². The Morgan fingerprint density at radius 2 is 2.21 bits per heavy atom. The molecule has 5 nitrogen and oxygen atoms in total. The molecule has 0 fully saturated rings. The molecule has 3 aliphatic rings. The molecule has 19 heavy (non-hydrogen) atoms. The van der Waals surface area contributed by atoms with Gasteiger partial charge in [-0.05, 0) is 11.6 Å². The van der Waals surface area contributed by atoms with E-state index in [2.05, 4.69) is 5.32 Å². The molecule has 6 heteroatoms. The molecule has 96 valence electrons.